The van der Waals surface area contributed by atoms with Gasteiger partial charge in [0.25, 0.3) is 6.43 Å². The van der Waals surface area contributed by atoms with Crippen LogP contribution >= 0.6 is 11.6 Å². The Bertz CT molecular complexity index is 660. The maximum atomic E-state index is 12.8. The summed E-state index contributed by atoms with van der Waals surface area (Å²) in [6.45, 7) is 0. The van der Waals surface area contributed by atoms with Crippen LogP contribution in [0.15, 0.2) is 42.5 Å². The normalized spacial score (nSPS) is 21.0. The maximum Gasteiger partial charge on any atom is 0.263 e. The first-order valence-corrected chi connectivity index (χ1v) is 6.94. The first-order chi connectivity index (χ1) is 10.0. The second kappa shape index (κ2) is 5.62. The van der Waals surface area contributed by atoms with Gasteiger partial charge >= 0.3 is 0 Å². The van der Waals surface area contributed by atoms with Crippen LogP contribution in [0.1, 0.15) is 41.7 Å². The minimum absolute atomic E-state index is 0.0486. The van der Waals surface area contributed by atoms with Crippen molar-refractivity contribution in [2.24, 2.45) is 0 Å². The Kier molecular flexibility index (Phi) is 3.83. The molecule has 0 saturated carbocycles. The molecule has 0 radical (unpaired) electrons. The molecular formula is C16H13ClF2O2. The molecular weight excluding hydrogens is 298 g/mol. The van der Waals surface area contributed by atoms with Crippen molar-refractivity contribution in [3.63, 3.8) is 0 Å². The van der Waals surface area contributed by atoms with Gasteiger partial charge in [-0.1, -0.05) is 29.8 Å². The Labute approximate surface area is 125 Å². The molecule has 0 amide bonds. The van der Waals surface area contributed by atoms with E-state index >= 15 is 0 Å². The van der Waals surface area contributed by atoms with E-state index in [1.165, 1.54) is 12.1 Å². The van der Waals surface area contributed by atoms with Crippen LogP contribution in [0, 0.1) is 0 Å². The van der Waals surface area contributed by atoms with E-state index in [9.17, 15) is 13.9 Å². The molecule has 5 heteroatoms. The van der Waals surface area contributed by atoms with E-state index in [0.717, 1.165) is 0 Å². The van der Waals surface area contributed by atoms with Crippen molar-refractivity contribution in [3.05, 3.63) is 64.2 Å². The number of alkyl halides is 2. The third-order valence-electron chi connectivity index (χ3n) is 3.57. The van der Waals surface area contributed by atoms with Gasteiger partial charge in [0, 0.05) is 22.6 Å². The molecule has 1 unspecified atom stereocenters. The minimum Gasteiger partial charge on any atom is -0.485 e. The Hall–Kier alpha value is -1.65. The number of hydrogen-bond donors (Lipinski definition) is 1. The van der Waals surface area contributed by atoms with Crippen LogP contribution in [0.3, 0.4) is 0 Å². The number of benzene rings is 2. The van der Waals surface area contributed by atoms with Gasteiger partial charge < -0.3 is 9.84 Å². The molecule has 1 heterocycles. The number of aliphatic hydroxyl groups is 1. The molecule has 0 spiro atoms. The number of aliphatic hydroxyl groups excluding tert-OH is 1. The van der Waals surface area contributed by atoms with Crippen molar-refractivity contribution >= 4 is 11.6 Å². The minimum atomic E-state index is -2.52. The number of ether oxygens (including phenoxy) is 1. The van der Waals surface area contributed by atoms with Gasteiger partial charge in [0.15, 0.2) is 0 Å². The van der Waals surface area contributed by atoms with Gasteiger partial charge in [-0.25, -0.2) is 8.78 Å². The summed E-state index contributed by atoms with van der Waals surface area (Å²) < 4.78 is 31.4. The van der Waals surface area contributed by atoms with Gasteiger partial charge in [-0.05, 0) is 29.8 Å². The summed E-state index contributed by atoms with van der Waals surface area (Å²) in [5.74, 6) is 0.533. The molecule has 0 aliphatic carbocycles. The van der Waals surface area contributed by atoms with E-state index in [1.807, 2.05) is 0 Å². The lowest BCUT2D eigenvalue weighted by atomic mass is 9.94. The fourth-order valence-corrected chi connectivity index (χ4v) is 2.70. The van der Waals surface area contributed by atoms with Gasteiger partial charge in [0.1, 0.15) is 11.9 Å². The fourth-order valence-electron chi connectivity index (χ4n) is 2.52. The lowest BCUT2D eigenvalue weighted by Crippen LogP contribution is -2.19. The summed E-state index contributed by atoms with van der Waals surface area (Å²) in [5.41, 5.74) is 1.21. The quantitative estimate of drug-likeness (QED) is 0.860. The summed E-state index contributed by atoms with van der Waals surface area (Å²) in [5, 5.41) is 10.7. The number of fused-ring (bicyclic) bond motifs is 1. The molecule has 2 nitrogen and oxygen atoms in total. The molecule has 0 aromatic heterocycles. The molecule has 3 rings (SSSR count). The molecule has 2 atom stereocenters. The summed E-state index contributed by atoms with van der Waals surface area (Å²) in [7, 11) is 0. The van der Waals surface area contributed by atoms with Crippen LogP contribution in [0.2, 0.25) is 5.02 Å². The van der Waals surface area contributed by atoms with Crippen molar-refractivity contribution in [3.8, 4) is 5.75 Å². The Balaban J connectivity index is 1.92. The lowest BCUT2D eigenvalue weighted by molar-refractivity contribution is 0.0655. The number of halogens is 3. The SMILES string of the molecule is O[C@@H]1CC(c2cccc(C(F)F)c2)Oc2ccc(Cl)cc21. The van der Waals surface area contributed by atoms with E-state index in [2.05, 4.69) is 0 Å². The second-order valence-corrected chi connectivity index (χ2v) is 5.45. The van der Waals surface area contributed by atoms with E-state index in [1.54, 1.807) is 30.3 Å². The monoisotopic (exact) mass is 310 g/mol. The van der Waals surface area contributed by atoms with Crippen LogP contribution in [0.25, 0.3) is 0 Å². The van der Waals surface area contributed by atoms with Crippen molar-refractivity contribution in [2.45, 2.75) is 25.1 Å². The van der Waals surface area contributed by atoms with Crippen molar-refractivity contribution in [2.75, 3.05) is 0 Å². The first kappa shape index (κ1) is 14.3. The van der Waals surface area contributed by atoms with Gasteiger partial charge in [0.05, 0.1) is 6.10 Å². The Morgan fingerprint density at radius 1 is 1.19 bits per heavy atom. The van der Waals surface area contributed by atoms with Crippen LogP contribution < -0.4 is 4.74 Å². The van der Waals surface area contributed by atoms with Crippen molar-refractivity contribution < 1.29 is 18.6 Å². The molecule has 0 bridgehead atoms. The standard InChI is InChI=1S/C16H13ClF2O2/c17-11-4-5-14-12(7-11)13(20)8-15(21-14)9-2-1-3-10(6-9)16(18)19/h1-7,13,15-16,20H,8H2/t13-,15?/m1/s1. The van der Waals surface area contributed by atoms with E-state index in [4.69, 9.17) is 16.3 Å². The van der Waals surface area contributed by atoms with Crippen LogP contribution in [0.5, 0.6) is 5.75 Å². The molecule has 2 aromatic rings. The highest BCUT2D eigenvalue weighted by atomic mass is 35.5. The highest BCUT2D eigenvalue weighted by Gasteiger charge is 2.28. The molecule has 1 N–H and O–H groups in total. The van der Waals surface area contributed by atoms with Crippen molar-refractivity contribution in [1.29, 1.82) is 0 Å². The average molecular weight is 311 g/mol. The predicted molar refractivity (Wildman–Crippen MR) is 75.8 cm³/mol. The maximum absolute atomic E-state index is 12.8. The topological polar surface area (TPSA) is 29.5 Å². The molecule has 1 aliphatic rings. The Morgan fingerprint density at radius 3 is 2.76 bits per heavy atom. The van der Waals surface area contributed by atoms with Crippen LogP contribution in [-0.2, 0) is 0 Å². The smallest absolute Gasteiger partial charge is 0.263 e. The zero-order valence-corrected chi connectivity index (χ0v) is 11.7. The first-order valence-electron chi connectivity index (χ1n) is 6.57. The van der Waals surface area contributed by atoms with Gasteiger partial charge in [0.2, 0.25) is 0 Å². The van der Waals surface area contributed by atoms with Crippen LogP contribution in [0.4, 0.5) is 8.78 Å². The molecule has 2 aromatic carbocycles. The molecule has 0 saturated heterocycles. The van der Waals surface area contributed by atoms with Crippen LogP contribution in [-0.4, -0.2) is 5.11 Å². The average Bonchev–Trinajstić information content (AvgIpc) is 2.48. The summed E-state index contributed by atoms with van der Waals surface area (Å²) in [6, 6.07) is 11.1. The Morgan fingerprint density at radius 2 is 2.00 bits per heavy atom. The van der Waals surface area contributed by atoms with Gasteiger partial charge in [-0.2, -0.15) is 0 Å². The van der Waals surface area contributed by atoms with Gasteiger partial charge in [-0.15, -0.1) is 0 Å². The highest BCUT2D eigenvalue weighted by Crippen LogP contribution is 2.42. The second-order valence-electron chi connectivity index (χ2n) is 5.01. The van der Waals surface area contributed by atoms with E-state index in [0.29, 0.717) is 28.3 Å². The highest BCUT2D eigenvalue weighted by molar-refractivity contribution is 6.30. The largest absolute Gasteiger partial charge is 0.485 e. The predicted octanol–water partition coefficient (Wildman–Crippen LogP) is 4.83. The summed E-state index contributed by atoms with van der Waals surface area (Å²) in [4.78, 5) is 0. The third-order valence-corrected chi connectivity index (χ3v) is 3.81. The zero-order chi connectivity index (χ0) is 15.0. The fraction of sp³-hybridized carbons (Fsp3) is 0.250. The number of rotatable bonds is 2. The van der Waals surface area contributed by atoms with E-state index in [-0.39, 0.29) is 5.56 Å². The summed E-state index contributed by atoms with van der Waals surface area (Å²) in [6.07, 6.45) is -3.40. The van der Waals surface area contributed by atoms with Gasteiger partial charge in [-0.3, -0.25) is 0 Å². The molecule has 21 heavy (non-hydrogen) atoms. The van der Waals surface area contributed by atoms with E-state index < -0.39 is 18.6 Å². The molecule has 110 valence electrons. The number of hydrogen-bond acceptors (Lipinski definition) is 2. The summed E-state index contributed by atoms with van der Waals surface area (Å²) >= 11 is 5.90. The third kappa shape index (κ3) is 2.87. The molecule has 0 fully saturated rings. The van der Waals surface area contributed by atoms with Crippen molar-refractivity contribution in [1.82, 2.24) is 0 Å². The zero-order valence-electron chi connectivity index (χ0n) is 11.0. The molecule has 1 aliphatic heterocycles. The lowest BCUT2D eigenvalue weighted by Gasteiger charge is -2.30.